The van der Waals surface area contributed by atoms with Gasteiger partial charge in [-0.25, -0.2) is 0 Å². The van der Waals surface area contributed by atoms with Crippen LogP contribution in [0.15, 0.2) is 30.3 Å². The molecule has 0 aliphatic carbocycles. The standard InChI is InChI=1S/C13H22N2O/c1-5-15(6-2)13(16,14(3)4)12-10-8-7-9-11-12/h7-11,16H,5-6H2,1-4H3. The maximum Gasteiger partial charge on any atom is 0.204 e. The molecule has 0 saturated heterocycles. The first-order chi connectivity index (χ1) is 7.57. The lowest BCUT2D eigenvalue weighted by Crippen LogP contribution is -2.55. The molecule has 1 N–H and O–H groups in total. The second-order valence-corrected chi connectivity index (χ2v) is 4.07. The molecule has 0 aliphatic rings. The van der Waals surface area contributed by atoms with Gasteiger partial charge in [-0.2, -0.15) is 0 Å². The van der Waals surface area contributed by atoms with Gasteiger partial charge >= 0.3 is 0 Å². The van der Waals surface area contributed by atoms with Crippen LogP contribution in [0.4, 0.5) is 0 Å². The van der Waals surface area contributed by atoms with Crippen molar-refractivity contribution in [2.75, 3.05) is 27.2 Å². The molecule has 0 saturated carbocycles. The highest BCUT2D eigenvalue weighted by molar-refractivity contribution is 5.21. The first-order valence-corrected chi connectivity index (χ1v) is 5.77. The summed E-state index contributed by atoms with van der Waals surface area (Å²) in [6.45, 7) is 5.72. The number of nitrogens with zero attached hydrogens (tertiary/aromatic N) is 2. The third-order valence-electron chi connectivity index (χ3n) is 2.99. The summed E-state index contributed by atoms with van der Waals surface area (Å²) in [4.78, 5) is 3.87. The molecule has 16 heavy (non-hydrogen) atoms. The van der Waals surface area contributed by atoms with Gasteiger partial charge in [-0.15, -0.1) is 0 Å². The summed E-state index contributed by atoms with van der Waals surface area (Å²) < 4.78 is 0. The van der Waals surface area contributed by atoms with Crippen molar-refractivity contribution >= 4 is 0 Å². The topological polar surface area (TPSA) is 26.7 Å². The van der Waals surface area contributed by atoms with E-state index in [1.54, 1.807) is 0 Å². The molecular weight excluding hydrogens is 200 g/mol. The van der Waals surface area contributed by atoms with Gasteiger partial charge in [0.15, 0.2) is 0 Å². The molecule has 0 spiro atoms. The summed E-state index contributed by atoms with van der Waals surface area (Å²) in [6.07, 6.45) is 0. The number of aliphatic hydroxyl groups is 1. The molecule has 0 aliphatic heterocycles. The van der Waals surface area contributed by atoms with E-state index in [9.17, 15) is 5.11 Å². The minimum absolute atomic E-state index is 0.806. The van der Waals surface area contributed by atoms with Crippen molar-refractivity contribution in [2.24, 2.45) is 0 Å². The van der Waals surface area contributed by atoms with Gasteiger partial charge in [-0.05, 0) is 27.2 Å². The molecule has 0 fully saturated rings. The molecule has 1 unspecified atom stereocenters. The van der Waals surface area contributed by atoms with Crippen molar-refractivity contribution in [3.05, 3.63) is 35.9 Å². The quantitative estimate of drug-likeness (QED) is 0.768. The van der Waals surface area contributed by atoms with Crippen LogP contribution in [0.1, 0.15) is 19.4 Å². The fourth-order valence-corrected chi connectivity index (χ4v) is 2.05. The molecule has 3 nitrogen and oxygen atoms in total. The van der Waals surface area contributed by atoms with E-state index in [2.05, 4.69) is 13.8 Å². The summed E-state index contributed by atoms with van der Waals surface area (Å²) in [5.41, 5.74) is 0.906. The van der Waals surface area contributed by atoms with Gasteiger partial charge in [0.25, 0.3) is 0 Å². The number of benzene rings is 1. The highest BCUT2D eigenvalue weighted by atomic mass is 16.3. The molecule has 0 radical (unpaired) electrons. The fraction of sp³-hybridized carbons (Fsp3) is 0.538. The molecule has 1 aromatic carbocycles. The van der Waals surface area contributed by atoms with E-state index >= 15 is 0 Å². The predicted molar refractivity (Wildman–Crippen MR) is 66.9 cm³/mol. The SMILES string of the molecule is CCN(CC)C(O)(c1ccccc1)N(C)C. The second-order valence-electron chi connectivity index (χ2n) is 4.07. The third-order valence-corrected chi connectivity index (χ3v) is 2.99. The first-order valence-electron chi connectivity index (χ1n) is 5.77. The Morgan fingerprint density at radius 2 is 1.56 bits per heavy atom. The number of hydrogen-bond donors (Lipinski definition) is 1. The Bertz CT molecular complexity index is 309. The lowest BCUT2D eigenvalue weighted by molar-refractivity contribution is -0.207. The average molecular weight is 222 g/mol. The Balaban J connectivity index is 3.16. The Kier molecular flexibility index (Phi) is 4.47. The highest BCUT2D eigenvalue weighted by Crippen LogP contribution is 2.27. The van der Waals surface area contributed by atoms with Crippen LogP contribution in [0.5, 0.6) is 0 Å². The number of rotatable bonds is 5. The summed E-state index contributed by atoms with van der Waals surface area (Å²) >= 11 is 0. The summed E-state index contributed by atoms with van der Waals surface area (Å²) in [5.74, 6) is -1.02. The van der Waals surface area contributed by atoms with Gasteiger partial charge in [0.05, 0.1) is 0 Å². The van der Waals surface area contributed by atoms with Gasteiger partial charge in [-0.3, -0.25) is 9.80 Å². The van der Waals surface area contributed by atoms with E-state index in [0.717, 1.165) is 18.7 Å². The maximum absolute atomic E-state index is 10.9. The summed E-state index contributed by atoms with van der Waals surface area (Å²) in [5, 5.41) is 10.9. The van der Waals surface area contributed by atoms with Crippen molar-refractivity contribution in [1.82, 2.24) is 9.80 Å². The zero-order valence-electron chi connectivity index (χ0n) is 10.6. The van der Waals surface area contributed by atoms with Crippen LogP contribution in [0, 0.1) is 0 Å². The van der Waals surface area contributed by atoms with Crippen LogP contribution in [-0.4, -0.2) is 42.1 Å². The van der Waals surface area contributed by atoms with E-state index in [1.165, 1.54) is 0 Å². The van der Waals surface area contributed by atoms with Crippen LogP contribution in [0.2, 0.25) is 0 Å². The molecule has 1 aromatic rings. The van der Waals surface area contributed by atoms with Gasteiger partial charge in [0.2, 0.25) is 5.85 Å². The van der Waals surface area contributed by atoms with E-state index in [4.69, 9.17) is 0 Å². The lowest BCUT2D eigenvalue weighted by Gasteiger charge is -2.43. The fourth-order valence-electron chi connectivity index (χ4n) is 2.05. The molecule has 0 heterocycles. The molecule has 1 rings (SSSR count). The van der Waals surface area contributed by atoms with E-state index in [0.29, 0.717) is 0 Å². The van der Waals surface area contributed by atoms with Crippen LogP contribution in [-0.2, 0) is 5.85 Å². The Morgan fingerprint density at radius 3 is 1.94 bits per heavy atom. The lowest BCUT2D eigenvalue weighted by atomic mass is 10.1. The van der Waals surface area contributed by atoms with E-state index in [1.807, 2.05) is 54.2 Å². The van der Waals surface area contributed by atoms with E-state index in [-0.39, 0.29) is 0 Å². The van der Waals surface area contributed by atoms with E-state index < -0.39 is 5.85 Å². The average Bonchev–Trinajstić information content (AvgIpc) is 2.31. The Morgan fingerprint density at radius 1 is 1.06 bits per heavy atom. The molecule has 0 bridgehead atoms. The van der Waals surface area contributed by atoms with Crippen LogP contribution in [0.25, 0.3) is 0 Å². The van der Waals surface area contributed by atoms with Gasteiger partial charge in [-0.1, -0.05) is 44.2 Å². The van der Waals surface area contributed by atoms with Crippen molar-refractivity contribution in [2.45, 2.75) is 19.7 Å². The first kappa shape index (κ1) is 13.2. The minimum Gasteiger partial charge on any atom is -0.359 e. The molecule has 0 aromatic heterocycles. The highest BCUT2D eigenvalue weighted by Gasteiger charge is 2.36. The molecule has 0 amide bonds. The second kappa shape index (κ2) is 5.43. The smallest absolute Gasteiger partial charge is 0.204 e. The van der Waals surface area contributed by atoms with Gasteiger partial charge < -0.3 is 5.11 Å². The van der Waals surface area contributed by atoms with Gasteiger partial charge in [0, 0.05) is 5.56 Å². The summed E-state index contributed by atoms with van der Waals surface area (Å²) in [7, 11) is 3.79. The van der Waals surface area contributed by atoms with Crippen molar-refractivity contribution in [3.8, 4) is 0 Å². The third kappa shape index (κ3) is 2.26. The molecular formula is C13H22N2O. The predicted octanol–water partition coefficient (Wildman–Crippen LogP) is 1.69. The van der Waals surface area contributed by atoms with Crippen molar-refractivity contribution < 1.29 is 5.11 Å². The normalized spacial score (nSPS) is 15.4. The Labute approximate surface area is 98.3 Å². The molecule has 3 heteroatoms. The largest absolute Gasteiger partial charge is 0.359 e. The minimum atomic E-state index is -1.02. The Hall–Kier alpha value is -0.900. The maximum atomic E-state index is 10.9. The van der Waals surface area contributed by atoms with Crippen LogP contribution < -0.4 is 0 Å². The van der Waals surface area contributed by atoms with Crippen LogP contribution >= 0.6 is 0 Å². The van der Waals surface area contributed by atoms with Gasteiger partial charge in [0.1, 0.15) is 0 Å². The monoisotopic (exact) mass is 222 g/mol. The molecule has 90 valence electrons. The van der Waals surface area contributed by atoms with Crippen LogP contribution in [0.3, 0.4) is 0 Å². The molecule has 1 atom stereocenters. The van der Waals surface area contributed by atoms with Crippen molar-refractivity contribution in [1.29, 1.82) is 0 Å². The number of hydrogen-bond acceptors (Lipinski definition) is 3. The zero-order valence-corrected chi connectivity index (χ0v) is 10.6. The summed E-state index contributed by atoms with van der Waals surface area (Å²) in [6, 6.07) is 9.78. The zero-order chi connectivity index (χ0) is 12.2. The van der Waals surface area contributed by atoms with Crippen molar-refractivity contribution in [3.63, 3.8) is 0 Å².